The van der Waals surface area contributed by atoms with E-state index in [-0.39, 0.29) is 23.9 Å². The van der Waals surface area contributed by atoms with Crippen molar-refractivity contribution in [3.63, 3.8) is 0 Å². The van der Waals surface area contributed by atoms with Gasteiger partial charge in [-0.3, -0.25) is 9.59 Å². The molecule has 2 fully saturated rings. The molecule has 0 bridgehead atoms. The molecular formula is C45H42Cl2N4O2. The highest BCUT2D eigenvalue weighted by Crippen LogP contribution is 2.36. The van der Waals surface area contributed by atoms with Gasteiger partial charge in [0.1, 0.15) is 0 Å². The lowest BCUT2D eigenvalue weighted by Gasteiger charge is -2.34. The van der Waals surface area contributed by atoms with Gasteiger partial charge in [-0.15, -0.1) is 0 Å². The summed E-state index contributed by atoms with van der Waals surface area (Å²) in [5, 5.41) is 9.79. The lowest BCUT2D eigenvalue weighted by molar-refractivity contribution is 0.0919. The van der Waals surface area contributed by atoms with E-state index >= 15 is 0 Å². The number of pyridine rings is 2. The number of nitrogens with one attached hydrogen (secondary N) is 2. The minimum Gasteiger partial charge on any atom is -0.349 e. The first-order valence-electron chi connectivity index (χ1n) is 18.8. The molecule has 0 radical (unpaired) electrons. The van der Waals surface area contributed by atoms with Crippen molar-refractivity contribution in [2.75, 3.05) is 0 Å². The van der Waals surface area contributed by atoms with Crippen molar-refractivity contribution in [2.24, 2.45) is 11.8 Å². The van der Waals surface area contributed by atoms with Crippen LogP contribution in [-0.4, -0.2) is 33.9 Å². The van der Waals surface area contributed by atoms with Crippen LogP contribution in [0.3, 0.4) is 0 Å². The van der Waals surface area contributed by atoms with E-state index in [0.29, 0.717) is 33.0 Å². The highest BCUT2D eigenvalue weighted by atomic mass is 35.5. The Morgan fingerprint density at radius 2 is 0.906 bits per heavy atom. The average molecular weight is 742 g/mol. The Morgan fingerprint density at radius 1 is 0.528 bits per heavy atom. The van der Waals surface area contributed by atoms with Gasteiger partial charge in [0.2, 0.25) is 0 Å². The molecule has 0 atom stereocenters. The number of para-hydroxylation sites is 2. The molecule has 8 rings (SSSR count). The van der Waals surface area contributed by atoms with E-state index in [1.165, 1.54) is 6.42 Å². The van der Waals surface area contributed by atoms with Gasteiger partial charge >= 0.3 is 0 Å². The van der Waals surface area contributed by atoms with Crippen LogP contribution in [0.4, 0.5) is 0 Å². The Kier molecular flexibility index (Phi) is 10.4. The van der Waals surface area contributed by atoms with E-state index in [1.807, 2.05) is 109 Å². The largest absolute Gasteiger partial charge is 0.349 e. The van der Waals surface area contributed by atoms with E-state index in [2.05, 4.69) is 10.6 Å². The Morgan fingerprint density at radius 3 is 1.30 bits per heavy atom. The van der Waals surface area contributed by atoms with Gasteiger partial charge in [0.05, 0.1) is 33.5 Å². The third-order valence-electron chi connectivity index (χ3n) is 11.2. The summed E-state index contributed by atoms with van der Waals surface area (Å²) in [5.74, 6) is 1.27. The third-order valence-corrected chi connectivity index (χ3v) is 11.7. The molecule has 2 aliphatic carbocycles. The maximum atomic E-state index is 13.7. The van der Waals surface area contributed by atoms with Gasteiger partial charge in [-0.1, -0.05) is 83.9 Å². The van der Waals surface area contributed by atoms with Crippen LogP contribution < -0.4 is 10.6 Å². The van der Waals surface area contributed by atoms with Crippen molar-refractivity contribution < 1.29 is 9.59 Å². The van der Waals surface area contributed by atoms with Crippen LogP contribution in [0.1, 0.15) is 78.5 Å². The molecule has 2 N–H and O–H groups in total. The van der Waals surface area contributed by atoms with Crippen LogP contribution in [0.5, 0.6) is 0 Å². The molecule has 0 unspecified atom stereocenters. The van der Waals surface area contributed by atoms with Gasteiger partial charge in [0.15, 0.2) is 0 Å². The van der Waals surface area contributed by atoms with Crippen molar-refractivity contribution >= 4 is 56.8 Å². The minimum atomic E-state index is -0.0383. The van der Waals surface area contributed by atoms with E-state index in [0.717, 1.165) is 95.7 Å². The SMILES string of the molecule is O=C(NC1CCC(CC2CCC(NC(=O)c3cc(-c4ccc(Cl)cc4)nc4ccccc34)CC2)CC1)c1cc(-c2ccc(Cl)cc2)nc2ccccc12. The fraction of sp³-hybridized carbons (Fsp3) is 0.289. The summed E-state index contributed by atoms with van der Waals surface area (Å²) >= 11 is 12.3. The molecule has 2 amide bonds. The predicted octanol–water partition coefficient (Wildman–Crippen LogP) is 11.1. The number of amides is 2. The van der Waals surface area contributed by atoms with Gasteiger partial charge in [0, 0.05) is 44.0 Å². The molecule has 0 spiro atoms. The molecule has 2 aromatic heterocycles. The average Bonchev–Trinajstić information content (AvgIpc) is 3.19. The second kappa shape index (κ2) is 15.7. The van der Waals surface area contributed by atoms with Gasteiger partial charge in [-0.25, -0.2) is 9.97 Å². The zero-order valence-corrected chi connectivity index (χ0v) is 31.0. The topological polar surface area (TPSA) is 84.0 Å². The highest BCUT2D eigenvalue weighted by molar-refractivity contribution is 6.31. The molecule has 0 saturated heterocycles. The number of fused-ring (bicyclic) bond motifs is 2. The molecule has 8 heteroatoms. The van der Waals surface area contributed by atoms with Crippen LogP contribution in [0.25, 0.3) is 44.3 Å². The maximum absolute atomic E-state index is 13.7. The van der Waals surface area contributed by atoms with Crippen molar-refractivity contribution in [3.8, 4) is 22.5 Å². The van der Waals surface area contributed by atoms with Crippen molar-refractivity contribution in [1.82, 2.24) is 20.6 Å². The van der Waals surface area contributed by atoms with Crippen molar-refractivity contribution in [2.45, 2.75) is 69.9 Å². The van der Waals surface area contributed by atoms with Gasteiger partial charge in [-0.2, -0.15) is 0 Å². The van der Waals surface area contributed by atoms with Crippen LogP contribution in [0, 0.1) is 11.8 Å². The number of carbonyl (C=O) groups is 2. The van der Waals surface area contributed by atoms with E-state index in [9.17, 15) is 9.59 Å². The molecule has 53 heavy (non-hydrogen) atoms. The smallest absolute Gasteiger partial charge is 0.252 e. The third kappa shape index (κ3) is 8.09. The second-order valence-electron chi connectivity index (χ2n) is 14.8. The molecule has 6 nitrogen and oxygen atoms in total. The monoisotopic (exact) mass is 740 g/mol. The first-order valence-corrected chi connectivity index (χ1v) is 19.5. The van der Waals surface area contributed by atoms with Crippen LogP contribution in [0.15, 0.2) is 109 Å². The highest BCUT2D eigenvalue weighted by Gasteiger charge is 2.29. The van der Waals surface area contributed by atoms with E-state index in [1.54, 1.807) is 0 Å². The molecule has 4 aromatic carbocycles. The Hall–Kier alpha value is -4.78. The summed E-state index contributed by atoms with van der Waals surface area (Å²) in [6, 6.07) is 35.0. The molecule has 2 saturated carbocycles. The van der Waals surface area contributed by atoms with Crippen LogP contribution >= 0.6 is 23.2 Å². The number of halogens is 2. The van der Waals surface area contributed by atoms with Gasteiger partial charge < -0.3 is 10.6 Å². The molecule has 2 heterocycles. The molecule has 6 aromatic rings. The van der Waals surface area contributed by atoms with Crippen LogP contribution in [0.2, 0.25) is 10.0 Å². The Balaban J connectivity index is 0.841. The van der Waals surface area contributed by atoms with Crippen LogP contribution in [-0.2, 0) is 0 Å². The lowest BCUT2D eigenvalue weighted by Crippen LogP contribution is -2.39. The molecular weight excluding hydrogens is 699 g/mol. The summed E-state index contributed by atoms with van der Waals surface area (Å²) in [6.45, 7) is 0. The number of nitrogens with zero attached hydrogens (tertiary/aromatic N) is 2. The number of hydrogen-bond acceptors (Lipinski definition) is 4. The van der Waals surface area contributed by atoms with Crippen molar-refractivity contribution in [1.29, 1.82) is 0 Å². The fourth-order valence-electron chi connectivity index (χ4n) is 8.35. The summed E-state index contributed by atoms with van der Waals surface area (Å²) < 4.78 is 0. The summed E-state index contributed by atoms with van der Waals surface area (Å²) in [4.78, 5) is 37.1. The maximum Gasteiger partial charge on any atom is 0.252 e. The molecule has 268 valence electrons. The summed E-state index contributed by atoms with van der Waals surface area (Å²) in [7, 11) is 0. The number of aromatic nitrogens is 2. The zero-order chi connectivity index (χ0) is 36.3. The molecule has 2 aliphatic rings. The van der Waals surface area contributed by atoms with Crippen molar-refractivity contribution in [3.05, 3.63) is 130 Å². The Bertz CT molecular complexity index is 2100. The number of benzene rings is 4. The molecule has 0 aliphatic heterocycles. The zero-order valence-electron chi connectivity index (χ0n) is 29.5. The second-order valence-corrected chi connectivity index (χ2v) is 15.6. The standard InChI is InChI=1S/C45H42Cl2N4O2/c46-32-17-13-30(14-18-32)42-26-38(36-5-1-3-7-40(36)50-42)44(52)48-34-21-9-28(10-22-34)25-29-11-23-35(24-12-29)49-45(53)39-27-43(31-15-19-33(47)20-16-31)51-41-8-4-2-6-37(39)41/h1-8,13-20,26-29,34-35H,9-12,21-25H2,(H,48,52)(H,49,53). The summed E-state index contributed by atoms with van der Waals surface area (Å²) in [6.07, 6.45) is 9.69. The Labute approximate surface area is 320 Å². The van der Waals surface area contributed by atoms with Gasteiger partial charge in [0.25, 0.3) is 11.8 Å². The quantitative estimate of drug-likeness (QED) is 0.163. The first-order chi connectivity index (χ1) is 25.9. The number of rotatable bonds is 8. The van der Waals surface area contributed by atoms with Gasteiger partial charge in [-0.05, 0) is 118 Å². The summed E-state index contributed by atoms with van der Waals surface area (Å²) in [5.41, 5.74) is 6.30. The lowest BCUT2D eigenvalue weighted by atomic mass is 9.75. The number of carbonyl (C=O) groups excluding carboxylic acids is 2. The minimum absolute atomic E-state index is 0.0383. The van der Waals surface area contributed by atoms with E-state index < -0.39 is 0 Å². The van der Waals surface area contributed by atoms with E-state index in [4.69, 9.17) is 33.2 Å². The fourth-order valence-corrected chi connectivity index (χ4v) is 8.60. The normalized spacial score (nSPS) is 20.3. The first kappa shape index (κ1) is 35.3. The number of hydrogen-bond donors (Lipinski definition) is 2. The predicted molar refractivity (Wildman–Crippen MR) is 215 cm³/mol.